The molecule has 0 amide bonds. The first-order valence-electron chi connectivity index (χ1n) is 10.8. The molecule has 12 heteroatoms. The Morgan fingerprint density at radius 1 is 1.15 bits per heavy atom. The third kappa shape index (κ3) is 13.4. The van der Waals surface area contributed by atoms with Crippen LogP contribution in [0.3, 0.4) is 0 Å². The van der Waals surface area contributed by atoms with Crippen molar-refractivity contribution < 1.29 is 98.1 Å². The van der Waals surface area contributed by atoms with Crippen molar-refractivity contribution in [2.45, 2.75) is 70.0 Å². The summed E-state index contributed by atoms with van der Waals surface area (Å²) in [4.78, 5) is 35.8. The molecule has 0 bridgehead atoms. The van der Waals surface area contributed by atoms with E-state index in [9.17, 15) is 32.5 Å². The third-order valence-corrected chi connectivity index (χ3v) is 6.19. The number of carbonyl (C=O) groups excluding carboxylic acids is 3. The van der Waals surface area contributed by atoms with E-state index in [1.165, 1.54) is 0 Å². The molecular weight excluding hydrogens is 483 g/mol. The number of aliphatic hydroxyl groups is 1. The molecule has 33 heavy (non-hydrogen) atoms. The van der Waals surface area contributed by atoms with Gasteiger partial charge in [0.2, 0.25) is 0 Å². The van der Waals surface area contributed by atoms with Crippen LogP contribution < -0.4 is 51.4 Å². The van der Waals surface area contributed by atoms with E-state index in [0.29, 0.717) is 6.42 Å². The van der Waals surface area contributed by atoms with Crippen LogP contribution in [-0.4, -0.2) is 67.7 Å². The molecule has 1 aliphatic heterocycles. The number of aliphatic hydroxyl groups excluding tert-OH is 1. The average molecular weight is 517 g/mol. The minimum Gasteiger partial charge on any atom is -0.747 e. The first-order valence-corrected chi connectivity index (χ1v) is 12.3. The van der Waals surface area contributed by atoms with E-state index in [0.717, 1.165) is 38.5 Å². The van der Waals surface area contributed by atoms with Crippen LogP contribution in [0.5, 0.6) is 0 Å². The Labute approximate surface area is 238 Å². The van der Waals surface area contributed by atoms with Crippen LogP contribution >= 0.6 is 0 Å². The summed E-state index contributed by atoms with van der Waals surface area (Å²) in [6, 6.07) is 0. The summed E-state index contributed by atoms with van der Waals surface area (Å²) in [7, 11) is -5.13. The predicted molar refractivity (Wildman–Crippen MR) is 112 cm³/mol. The zero-order chi connectivity index (χ0) is 24.0. The van der Waals surface area contributed by atoms with Gasteiger partial charge in [0, 0.05) is 6.42 Å². The predicted octanol–water partition coefficient (Wildman–Crippen LogP) is -1.39. The SMILES string of the molecule is C/C=C/CCCCCCCCC(=O)OCC1(CO)COC(=O)CC(S(=O)(=O)[O-])C(=O)OC1.[K+]. The number of esters is 3. The van der Waals surface area contributed by atoms with Crippen molar-refractivity contribution in [3.05, 3.63) is 12.2 Å². The number of unbranched alkanes of at least 4 members (excludes halogenated alkanes) is 6. The number of ether oxygens (including phenoxy) is 3. The third-order valence-electron chi connectivity index (χ3n) is 5.14. The molecule has 1 fully saturated rings. The second-order valence-corrected chi connectivity index (χ2v) is 9.56. The molecule has 1 N–H and O–H groups in total. The molecule has 1 rings (SSSR count). The molecule has 0 spiro atoms. The van der Waals surface area contributed by atoms with E-state index in [4.69, 9.17) is 14.2 Å². The number of carbonyl (C=O) groups is 3. The van der Waals surface area contributed by atoms with Gasteiger partial charge in [0.05, 0.1) is 18.4 Å². The topological polar surface area (TPSA) is 156 Å². The van der Waals surface area contributed by atoms with Crippen LogP contribution in [0.15, 0.2) is 12.2 Å². The Morgan fingerprint density at radius 3 is 2.36 bits per heavy atom. The zero-order valence-electron chi connectivity index (χ0n) is 19.5. The fourth-order valence-electron chi connectivity index (χ4n) is 3.04. The van der Waals surface area contributed by atoms with Crippen LogP contribution in [0, 0.1) is 5.41 Å². The van der Waals surface area contributed by atoms with Crippen molar-refractivity contribution in [1.29, 1.82) is 0 Å². The molecule has 184 valence electrons. The Morgan fingerprint density at radius 2 is 1.76 bits per heavy atom. The van der Waals surface area contributed by atoms with Gasteiger partial charge in [-0.1, -0.05) is 37.8 Å². The summed E-state index contributed by atoms with van der Waals surface area (Å²) in [5, 5.41) is 7.53. The summed E-state index contributed by atoms with van der Waals surface area (Å²) in [5.74, 6) is -3.03. The van der Waals surface area contributed by atoms with E-state index < -0.39 is 71.5 Å². The standard InChI is InChI=1S/C21H34O10S.K/c1-2-3-4-5-6-7-8-9-10-11-18(23)29-14-21(13-22)15-30-19(24)12-17(32(26,27)28)20(25)31-16-21;/h2-3,17,22H,4-16H2,1H3,(H,26,27,28);/q;+1/p-1/b3-2+;. The van der Waals surface area contributed by atoms with Crippen LogP contribution in [0.4, 0.5) is 0 Å². The molecule has 1 aliphatic rings. The van der Waals surface area contributed by atoms with Crippen molar-refractivity contribution in [3.63, 3.8) is 0 Å². The second kappa shape index (κ2) is 17.1. The van der Waals surface area contributed by atoms with Crippen molar-refractivity contribution in [3.8, 4) is 0 Å². The monoisotopic (exact) mass is 516 g/mol. The fourth-order valence-corrected chi connectivity index (χ4v) is 3.68. The maximum Gasteiger partial charge on any atom is 1.00 e. The van der Waals surface area contributed by atoms with Gasteiger partial charge in [-0.3, -0.25) is 14.4 Å². The largest absolute Gasteiger partial charge is 1.00 e. The van der Waals surface area contributed by atoms with E-state index in [-0.39, 0.29) is 57.8 Å². The number of cyclic esters (lactones) is 2. The van der Waals surface area contributed by atoms with E-state index in [1.54, 1.807) is 0 Å². The smallest absolute Gasteiger partial charge is 0.747 e. The molecular formula is C21H33KO10S. The second-order valence-electron chi connectivity index (χ2n) is 8.00. The molecule has 1 saturated heterocycles. The summed E-state index contributed by atoms with van der Waals surface area (Å²) in [6.45, 7) is -0.120. The molecule has 2 unspecified atom stereocenters. The maximum absolute atomic E-state index is 12.0. The first-order chi connectivity index (χ1) is 15.1. The normalized spacial score (nSPS) is 21.8. The van der Waals surface area contributed by atoms with Crippen molar-refractivity contribution in [1.82, 2.24) is 0 Å². The Hall–Kier alpha value is -0.344. The van der Waals surface area contributed by atoms with E-state index >= 15 is 0 Å². The molecule has 2 atom stereocenters. The number of hydrogen-bond acceptors (Lipinski definition) is 10. The van der Waals surface area contributed by atoms with Gasteiger partial charge in [0.15, 0.2) is 5.25 Å². The molecule has 0 radical (unpaired) electrons. The minimum absolute atomic E-state index is 0. The number of hydrogen-bond donors (Lipinski definition) is 1. The zero-order valence-corrected chi connectivity index (χ0v) is 23.4. The summed E-state index contributed by atoms with van der Waals surface area (Å²) >= 11 is 0. The van der Waals surface area contributed by atoms with Crippen molar-refractivity contribution >= 4 is 28.0 Å². The molecule has 10 nitrogen and oxygen atoms in total. The summed E-state index contributed by atoms with van der Waals surface area (Å²) in [5.41, 5.74) is -1.45. The quantitative estimate of drug-likeness (QED) is 0.0772. The Balaban J connectivity index is 0.0000102. The number of allylic oxidation sites excluding steroid dienone is 2. The van der Waals surface area contributed by atoms with Crippen LogP contribution in [0.1, 0.15) is 64.7 Å². The van der Waals surface area contributed by atoms with Gasteiger partial charge in [-0.25, -0.2) is 8.42 Å². The van der Waals surface area contributed by atoms with E-state index in [2.05, 4.69) is 6.08 Å². The maximum atomic E-state index is 12.0. The molecule has 0 aliphatic carbocycles. The van der Waals surface area contributed by atoms with E-state index in [1.807, 2.05) is 13.0 Å². The fraction of sp³-hybridized carbons (Fsp3) is 0.762. The minimum atomic E-state index is -5.13. The Bertz CT molecular complexity index is 752. The molecule has 0 saturated carbocycles. The van der Waals surface area contributed by atoms with Crippen LogP contribution in [-0.2, 0) is 38.7 Å². The summed E-state index contributed by atoms with van der Waals surface area (Å²) in [6.07, 6.45) is 10.4. The van der Waals surface area contributed by atoms with Gasteiger partial charge in [-0.2, -0.15) is 0 Å². The molecule has 0 aromatic rings. The van der Waals surface area contributed by atoms with Gasteiger partial charge < -0.3 is 23.9 Å². The average Bonchev–Trinajstić information content (AvgIpc) is 2.80. The molecule has 0 aromatic carbocycles. The van der Waals surface area contributed by atoms with Gasteiger partial charge in [0.1, 0.15) is 29.9 Å². The number of rotatable bonds is 13. The van der Waals surface area contributed by atoms with Crippen LogP contribution in [0.25, 0.3) is 0 Å². The summed E-state index contributed by atoms with van der Waals surface area (Å²) < 4.78 is 48.5. The van der Waals surface area contributed by atoms with Gasteiger partial charge in [-0.15, -0.1) is 0 Å². The van der Waals surface area contributed by atoms with Gasteiger partial charge in [-0.05, 0) is 26.2 Å². The van der Waals surface area contributed by atoms with Gasteiger partial charge >= 0.3 is 69.3 Å². The van der Waals surface area contributed by atoms with Gasteiger partial charge in [0.25, 0.3) is 0 Å². The van der Waals surface area contributed by atoms with Crippen molar-refractivity contribution in [2.75, 3.05) is 26.4 Å². The van der Waals surface area contributed by atoms with Crippen molar-refractivity contribution in [2.24, 2.45) is 5.41 Å². The van der Waals surface area contributed by atoms with Crippen LogP contribution in [0.2, 0.25) is 0 Å². The molecule has 1 heterocycles. The first kappa shape index (κ1) is 32.7. The Kier molecular flexibility index (Phi) is 17.0. The molecule has 0 aromatic heterocycles.